The summed E-state index contributed by atoms with van der Waals surface area (Å²) in [5.74, 6) is -0.112. The molecule has 0 aromatic heterocycles. The van der Waals surface area contributed by atoms with Gasteiger partial charge in [0, 0.05) is 6.54 Å². The van der Waals surface area contributed by atoms with Crippen molar-refractivity contribution in [1.82, 2.24) is 0 Å². The number of ether oxygens (including phenoxy) is 2. The lowest BCUT2D eigenvalue weighted by Gasteiger charge is -2.15. The predicted molar refractivity (Wildman–Crippen MR) is 80.8 cm³/mol. The van der Waals surface area contributed by atoms with Crippen LogP contribution in [0.15, 0.2) is 24.3 Å². The van der Waals surface area contributed by atoms with Crippen molar-refractivity contribution in [2.75, 3.05) is 18.5 Å². The average Bonchev–Trinajstić information content (AvgIpc) is 2.95. The maximum Gasteiger partial charge on any atom is 0.272 e. The Labute approximate surface area is 133 Å². The van der Waals surface area contributed by atoms with E-state index in [1.54, 1.807) is 18.2 Å². The number of hydrogen-bond donors (Lipinski definition) is 2. The van der Waals surface area contributed by atoms with E-state index in [1.165, 1.54) is 6.07 Å². The molecule has 1 aromatic carbocycles. The first-order valence-electron chi connectivity index (χ1n) is 6.76. The van der Waals surface area contributed by atoms with E-state index in [1.807, 2.05) is 0 Å². The number of alkyl halides is 2. The second-order valence-electron chi connectivity index (χ2n) is 4.75. The van der Waals surface area contributed by atoms with E-state index in [9.17, 15) is 13.6 Å². The molecule has 1 saturated heterocycles. The topological polar surface area (TPSA) is 73.6 Å². The predicted octanol–water partition coefficient (Wildman–Crippen LogP) is 2.20. The molecule has 124 valence electrons. The Morgan fingerprint density at radius 3 is 2.77 bits per heavy atom. The zero-order valence-electron chi connectivity index (χ0n) is 11.8. The Morgan fingerprint density at radius 2 is 2.14 bits per heavy atom. The zero-order valence-corrected chi connectivity index (χ0v) is 12.7. The Kier molecular flexibility index (Phi) is 7.50. The Morgan fingerprint density at radius 1 is 1.41 bits per heavy atom. The molecule has 5 nitrogen and oxygen atoms in total. The number of rotatable bonds is 6. The molecule has 8 heteroatoms. The highest BCUT2D eigenvalue weighted by Gasteiger charge is 2.30. The fraction of sp³-hybridized carbons (Fsp3) is 0.500. The van der Waals surface area contributed by atoms with Gasteiger partial charge >= 0.3 is 0 Å². The maximum absolute atomic E-state index is 12.2. The van der Waals surface area contributed by atoms with Gasteiger partial charge < -0.3 is 20.5 Å². The Hall–Kier alpha value is -1.44. The SMILES string of the molecule is Cl.NC[C@H]1CC[C@@H](C(=O)Nc2ccccc2OCC(F)F)O1. The van der Waals surface area contributed by atoms with E-state index in [-0.39, 0.29) is 30.2 Å². The van der Waals surface area contributed by atoms with Crippen LogP contribution in [0, 0.1) is 0 Å². The molecule has 1 heterocycles. The zero-order chi connectivity index (χ0) is 15.2. The number of anilines is 1. The van der Waals surface area contributed by atoms with Gasteiger partial charge in [-0.3, -0.25) is 4.79 Å². The minimum absolute atomic E-state index is 0. The third-order valence-corrected chi connectivity index (χ3v) is 3.17. The Balaban J connectivity index is 0.00000242. The number of carbonyl (C=O) groups is 1. The smallest absolute Gasteiger partial charge is 0.272 e. The number of benzene rings is 1. The fourth-order valence-electron chi connectivity index (χ4n) is 2.13. The van der Waals surface area contributed by atoms with E-state index in [0.29, 0.717) is 18.7 Å². The first-order valence-corrected chi connectivity index (χ1v) is 6.76. The number of amides is 1. The molecule has 1 fully saturated rings. The van der Waals surface area contributed by atoms with Crippen LogP contribution in [-0.4, -0.2) is 37.7 Å². The van der Waals surface area contributed by atoms with Crippen molar-refractivity contribution in [1.29, 1.82) is 0 Å². The second-order valence-corrected chi connectivity index (χ2v) is 4.75. The van der Waals surface area contributed by atoms with Crippen LogP contribution >= 0.6 is 12.4 Å². The second kappa shape index (κ2) is 8.87. The molecule has 1 aliphatic heterocycles. The molecular weight excluding hydrogens is 318 g/mol. The van der Waals surface area contributed by atoms with Crippen LogP contribution in [0.1, 0.15) is 12.8 Å². The highest BCUT2D eigenvalue weighted by molar-refractivity contribution is 5.95. The van der Waals surface area contributed by atoms with Crippen molar-refractivity contribution in [3.8, 4) is 5.75 Å². The van der Waals surface area contributed by atoms with Crippen LogP contribution < -0.4 is 15.8 Å². The van der Waals surface area contributed by atoms with Crippen LogP contribution in [0.2, 0.25) is 0 Å². The molecular formula is C14H19ClF2N2O3. The summed E-state index contributed by atoms with van der Waals surface area (Å²) in [6.45, 7) is -0.347. The van der Waals surface area contributed by atoms with Crippen LogP contribution in [0.5, 0.6) is 5.75 Å². The van der Waals surface area contributed by atoms with E-state index in [0.717, 1.165) is 6.42 Å². The maximum atomic E-state index is 12.2. The van der Waals surface area contributed by atoms with Gasteiger partial charge in [0.25, 0.3) is 12.3 Å². The van der Waals surface area contributed by atoms with Gasteiger partial charge in [-0.2, -0.15) is 0 Å². The largest absolute Gasteiger partial charge is 0.485 e. The number of nitrogens with one attached hydrogen (secondary N) is 1. The number of nitrogens with two attached hydrogens (primary N) is 1. The molecule has 0 aliphatic carbocycles. The van der Waals surface area contributed by atoms with Crippen LogP contribution in [0.25, 0.3) is 0 Å². The molecule has 0 unspecified atom stereocenters. The molecule has 2 atom stereocenters. The van der Waals surface area contributed by atoms with Crippen molar-refractivity contribution in [3.63, 3.8) is 0 Å². The van der Waals surface area contributed by atoms with Gasteiger partial charge in [0.15, 0.2) is 0 Å². The molecule has 0 spiro atoms. The van der Waals surface area contributed by atoms with Gasteiger partial charge in [0.1, 0.15) is 18.5 Å². The molecule has 0 saturated carbocycles. The summed E-state index contributed by atoms with van der Waals surface area (Å²) < 4.78 is 34.9. The first kappa shape index (κ1) is 18.6. The number of carbonyl (C=O) groups excluding carboxylic acids is 1. The van der Waals surface area contributed by atoms with Gasteiger partial charge in [-0.15, -0.1) is 12.4 Å². The van der Waals surface area contributed by atoms with Crippen molar-refractivity contribution in [2.24, 2.45) is 5.73 Å². The van der Waals surface area contributed by atoms with Gasteiger partial charge in [0.05, 0.1) is 11.8 Å². The lowest BCUT2D eigenvalue weighted by molar-refractivity contribution is -0.126. The Bertz CT molecular complexity index is 491. The van der Waals surface area contributed by atoms with E-state index < -0.39 is 19.1 Å². The van der Waals surface area contributed by atoms with Crippen LogP contribution in [0.4, 0.5) is 14.5 Å². The normalized spacial score (nSPS) is 20.5. The third kappa shape index (κ3) is 5.08. The number of halogens is 3. The van der Waals surface area contributed by atoms with Crippen LogP contribution in [-0.2, 0) is 9.53 Å². The molecule has 3 N–H and O–H groups in total. The van der Waals surface area contributed by atoms with Crippen molar-refractivity contribution in [2.45, 2.75) is 31.5 Å². The lowest BCUT2D eigenvalue weighted by atomic mass is 10.2. The summed E-state index contributed by atoms with van der Waals surface area (Å²) in [7, 11) is 0. The summed E-state index contributed by atoms with van der Waals surface area (Å²) in [5, 5.41) is 2.65. The summed E-state index contributed by atoms with van der Waals surface area (Å²) >= 11 is 0. The highest BCUT2D eigenvalue weighted by atomic mass is 35.5. The molecule has 22 heavy (non-hydrogen) atoms. The molecule has 0 radical (unpaired) electrons. The summed E-state index contributed by atoms with van der Waals surface area (Å²) in [6.07, 6.45) is -1.92. The molecule has 0 bridgehead atoms. The standard InChI is InChI=1S/C14H18F2N2O3.ClH/c15-13(16)8-20-11-4-2-1-3-10(11)18-14(19)12-6-5-9(7-17)21-12;/h1-4,9,12-13H,5-8,17H2,(H,18,19);1H/t9-,12+;/m1./s1. The van der Waals surface area contributed by atoms with E-state index in [2.05, 4.69) is 5.32 Å². The van der Waals surface area contributed by atoms with Gasteiger partial charge in [0.2, 0.25) is 0 Å². The van der Waals surface area contributed by atoms with Crippen molar-refractivity contribution >= 4 is 24.0 Å². The first-order chi connectivity index (χ1) is 10.1. The minimum Gasteiger partial charge on any atom is -0.485 e. The molecule has 1 aliphatic rings. The van der Waals surface area contributed by atoms with E-state index >= 15 is 0 Å². The lowest BCUT2D eigenvalue weighted by Crippen LogP contribution is -2.30. The highest BCUT2D eigenvalue weighted by Crippen LogP contribution is 2.26. The number of para-hydroxylation sites is 2. The average molecular weight is 337 g/mol. The third-order valence-electron chi connectivity index (χ3n) is 3.17. The molecule has 2 rings (SSSR count). The summed E-state index contributed by atoms with van der Waals surface area (Å²) in [5.41, 5.74) is 5.84. The van der Waals surface area contributed by atoms with Crippen molar-refractivity contribution < 1.29 is 23.0 Å². The van der Waals surface area contributed by atoms with Gasteiger partial charge in [-0.1, -0.05) is 12.1 Å². The minimum atomic E-state index is -2.57. The molecule has 1 amide bonds. The summed E-state index contributed by atoms with van der Waals surface area (Å²) in [4.78, 5) is 12.1. The van der Waals surface area contributed by atoms with Crippen molar-refractivity contribution in [3.05, 3.63) is 24.3 Å². The monoisotopic (exact) mass is 336 g/mol. The fourth-order valence-corrected chi connectivity index (χ4v) is 2.13. The molecule has 1 aromatic rings. The number of hydrogen-bond acceptors (Lipinski definition) is 4. The van der Waals surface area contributed by atoms with Crippen LogP contribution in [0.3, 0.4) is 0 Å². The van der Waals surface area contributed by atoms with Gasteiger partial charge in [-0.25, -0.2) is 8.78 Å². The van der Waals surface area contributed by atoms with E-state index in [4.69, 9.17) is 15.2 Å². The van der Waals surface area contributed by atoms with Gasteiger partial charge in [-0.05, 0) is 25.0 Å². The quantitative estimate of drug-likeness (QED) is 0.835. The summed E-state index contributed by atoms with van der Waals surface area (Å²) in [6, 6.07) is 6.44.